The normalized spacial score (nSPS) is 23.5. The highest BCUT2D eigenvalue weighted by molar-refractivity contribution is 7.80. The highest BCUT2D eigenvalue weighted by atomic mass is 35.5. The fraction of sp³-hybridized carbons (Fsp3) is 0.333. The van der Waals surface area contributed by atoms with E-state index in [2.05, 4.69) is 0 Å². The van der Waals surface area contributed by atoms with Gasteiger partial charge in [-0.2, -0.15) is 0 Å². The maximum atomic E-state index is 12.2. The van der Waals surface area contributed by atoms with Gasteiger partial charge in [0.2, 0.25) is 0 Å². The minimum Gasteiger partial charge on any atom is -0.336 e. The number of hydrogen-bond donors (Lipinski definition) is 0. The average Bonchev–Trinajstić information content (AvgIpc) is 2.87. The Balaban J connectivity index is 1.96. The van der Waals surface area contributed by atoms with Gasteiger partial charge in [0.25, 0.3) is 5.91 Å². The molecule has 88 valence electrons. The largest absolute Gasteiger partial charge is 0.336 e. The summed E-state index contributed by atoms with van der Waals surface area (Å²) in [6.07, 6.45) is 1.95. The zero-order valence-electron chi connectivity index (χ0n) is 9.10. The number of thiocarbonyl (C=S) groups is 1. The van der Waals surface area contributed by atoms with E-state index in [0.717, 1.165) is 25.1 Å². The first-order chi connectivity index (χ1) is 8.18. The molecule has 0 bridgehead atoms. The number of carbonyl (C=O) groups is 1. The Morgan fingerprint density at radius 2 is 2.00 bits per heavy atom. The Labute approximate surface area is 110 Å². The van der Waals surface area contributed by atoms with Crippen LogP contribution in [0.25, 0.3) is 0 Å². The van der Waals surface area contributed by atoms with E-state index in [4.69, 9.17) is 23.8 Å². The predicted octanol–water partition coefficient (Wildman–Crippen LogP) is 2.44. The number of hydrogen-bond acceptors (Lipinski definition) is 2. The van der Waals surface area contributed by atoms with E-state index >= 15 is 0 Å². The number of nitrogens with zero attached hydrogens (tertiary/aromatic N) is 2. The topological polar surface area (TPSA) is 23.6 Å². The summed E-state index contributed by atoms with van der Waals surface area (Å²) in [5.74, 6) is 0.0924. The SMILES string of the molecule is O=C1[C@@H]2CCCN2C(=S)N1c1ccc(Cl)cc1. The molecule has 1 amide bonds. The first-order valence-electron chi connectivity index (χ1n) is 5.58. The zero-order valence-corrected chi connectivity index (χ0v) is 10.7. The van der Waals surface area contributed by atoms with Crippen molar-refractivity contribution in [2.24, 2.45) is 0 Å². The maximum Gasteiger partial charge on any atom is 0.256 e. The number of benzene rings is 1. The van der Waals surface area contributed by atoms with Gasteiger partial charge in [-0.3, -0.25) is 9.69 Å². The van der Waals surface area contributed by atoms with Gasteiger partial charge in [-0.1, -0.05) is 11.6 Å². The Kier molecular flexibility index (Phi) is 2.56. The van der Waals surface area contributed by atoms with Crippen molar-refractivity contribution in [2.75, 3.05) is 11.4 Å². The number of rotatable bonds is 1. The summed E-state index contributed by atoms with van der Waals surface area (Å²) in [5.41, 5.74) is 0.804. The molecule has 0 N–H and O–H groups in total. The molecule has 0 radical (unpaired) electrons. The molecule has 1 atom stereocenters. The van der Waals surface area contributed by atoms with Crippen LogP contribution in [-0.2, 0) is 4.79 Å². The standard InChI is InChI=1S/C12H11ClN2OS/c13-8-3-5-9(6-4-8)15-11(16)10-2-1-7-14(10)12(15)17/h3-6,10H,1-2,7H2/t10-/m0/s1. The van der Waals surface area contributed by atoms with Crippen LogP contribution in [0.2, 0.25) is 5.02 Å². The fourth-order valence-electron chi connectivity index (χ4n) is 2.45. The number of anilines is 1. The summed E-state index contributed by atoms with van der Waals surface area (Å²) in [6, 6.07) is 7.16. The lowest BCUT2D eigenvalue weighted by atomic mass is 10.2. The van der Waals surface area contributed by atoms with Gasteiger partial charge in [-0.15, -0.1) is 0 Å². The molecule has 17 heavy (non-hydrogen) atoms. The van der Waals surface area contributed by atoms with Crippen LogP contribution >= 0.6 is 23.8 Å². The molecule has 3 nitrogen and oxygen atoms in total. The van der Waals surface area contributed by atoms with Crippen LogP contribution in [0.3, 0.4) is 0 Å². The second-order valence-electron chi connectivity index (χ2n) is 4.28. The van der Waals surface area contributed by atoms with Crippen LogP contribution < -0.4 is 4.90 Å². The molecule has 2 aliphatic rings. The van der Waals surface area contributed by atoms with Crippen molar-refractivity contribution in [3.05, 3.63) is 29.3 Å². The van der Waals surface area contributed by atoms with Crippen molar-refractivity contribution in [2.45, 2.75) is 18.9 Å². The van der Waals surface area contributed by atoms with Crippen LogP contribution in [0.5, 0.6) is 0 Å². The van der Waals surface area contributed by atoms with Crippen molar-refractivity contribution >= 4 is 40.5 Å². The molecule has 2 heterocycles. The van der Waals surface area contributed by atoms with Gasteiger partial charge < -0.3 is 4.90 Å². The van der Waals surface area contributed by atoms with Crippen molar-refractivity contribution in [3.63, 3.8) is 0 Å². The highest BCUT2D eigenvalue weighted by Gasteiger charge is 2.45. The number of fused-ring (bicyclic) bond motifs is 1. The van der Waals surface area contributed by atoms with Crippen LogP contribution in [0.15, 0.2) is 24.3 Å². The lowest BCUT2D eigenvalue weighted by Crippen LogP contribution is -2.32. The van der Waals surface area contributed by atoms with Crippen LogP contribution in [0.4, 0.5) is 5.69 Å². The molecule has 0 aliphatic carbocycles. The number of amides is 1. The van der Waals surface area contributed by atoms with Gasteiger partial charge in [0.15, 0.2) is 5.11 Å². The third kappa shape index (κ3) is 1.63. The predicted molar refractivity (Wildman–Crippen MR) is 71.3 cm³/mol. The minimum absolute atomic E-state index is 0.0434. The lowest BCUT2D eigenvalue weighted by molar-refractivity contribution is -0.119. The van der Waals surface area contributed by atoms with Gasteiger partial charge in [-0.25, -0.2) is 0 Å². The molecule has 2 aliphatic heterocycles. The molecule has 1 aromatic carbocycles. The van der Waals surface area contributed by atoms with Gasteiger partial charge >= 0.3 is 0 Å². The maximum absolute atomic E-state index is 12.2. The summed E-state index contributed by atoms with van der Waals surface area (Å²) in [5, 5.41) is 1.28. The minimum atomic E-state index is -0.0434. The van der Waals surface area contributed by atoms with Crippen molar-refractivity contribution in [1.82, 2.24) is 4.90 Å². The molecular formula is C12H11ClN2OS. The summed E-state index contributed by atoms with van der Waals surface area (Å²) in [4.78, 5) is 15.9. The Morgan fingerprint density at radius 3 is 2.65 bits per heavy atom. The zero-order chi connectivity index (χ0) is 12.0. The molecule has 3 rings (SSSR count). The van der Waals surface area contributed by atoms with Gasteiger partial charge in [-0.05, 0) is 49.3 Å². The van der Waals surface area contributed by atoms with E-state index in [1.807, 2.05) is 17.0 Å². The summed E-state index contributed by atoms with van der Waals surface area (Å²) in [6.45, 7) is 0.888. The first kappa shape index (κ1) is 11.0. The third-order valence-electron chi connectivity index (χ3n) is 3.28. The fourth-order valence-corrected chi connectivity index (χ4v) is 2.99. The van der Waals surface area contributed by atoms with Crippen molar-refractivity contribution in [3.8, 4) is 0 Å². The molecule has 2 fully saturated rings. The number of halogens is 1. The first-order valence-corrected chi connectivity index (χ1v) is 6.37. The van der Waals surface area contributed by atoms with E-state index in [0.29, 0.717) is 10.1 Å². The Hall–Kier alpha value is -1.13. The molecular weight excluding hydrogens is 256 g/mol. The molecule has 0 spiro atoms. The van der Waals surface area contributed by atoms with Crippen LogP contribution in [0, 0.1) is 0 Å². The summed E-state index contributed by atoms with van der Waals surface area (Å²) in [7, 11) is 0. The second-order valence-corrected chi connectivity index (χ2v) is 5.09. The monoisotopic (exact) mass is 266 g/mol. The van der Waals surface area contributed by atoms with Crippen LogP contribution in [-0.4, -0.2) is 28.5 Å². The van der Waals surface area contributed by atoms with E-state index < -0.39 is 0 Å². The van der Waals surface area contributed by atoms with E-state index in [9.17, 15) is 4.79 Å². The van der Waals surface area contributed by atoms with E-state index in [1.165, 1.54) is 0 Å². The lowest BCUT2D eigenvalue weighted by Gasteiger charge is -2.18. The van der Waals surface area contributed by atoms with Crippen molar-refractivity contribution in [1.29, 1.82) is 0 Å². The summed E-state index contributed by atoms with van der Waals surface area (Å²) >= 11 is 11.2. The van der Waals surface area contributed by atoms with E-state index in [-0.39, 0.29) is 11.9 Å². The summed E-state index contributed by atoms with van der Waals surface area (Å²) < 4.78 is 0. The van der Waals surface area contributed by atoms with Gasteiger partial charge in [0.1, 0.15) is 6.04 Å². The molecule has 2 saturated heterocycles. The second kappa shape index (κ2) is 3.96. The Morgan fingerprint density at radius 1 is 1.29 bits per heavy atom. The average molecular weight is 267 g/mol. The smallest absolute Gasteiger partial charge is 0.256 e. The third-order valence-corrected chi connectivity index (χ3v) is 3.95. The molecule has 5 heteroatoms. The molecule has 0 unspecified atom stereocenters. The van der Waals surface area contributed by atoms with E-state index in [1.54, 1.807) is 17.0 Å². The molecule has 1 aromatic rings. The van der Waals surface area contributed by atoms with Crippen LogP contribution in [0.1, 0.15) is 12.8 Å². The van der Waals surface area contributed by atoms with Gasteiger partial charge in [0, 0.05) is 11.6 Å². The molecule has 0 saturated carbocycles. The van der Waals surface area contributed by atoms with Crippen molar-refractivity contribution < 1.29 is 4.79 Å². The Bertz CT molecular complexity index is 466. The molecule has 0 aromatic heterocycles. The van der Waals surface area contributed by atoms with Gasteiger partial charge in [0.05, 0.1) is 5.69 Å². The quantitative estimate of drug-likeness (QED) is 0.730. The number of carbonyl (C=O) groups excluding carboxylic acids is 1. The highest BCUT2D eigenvalue weighted by Crippen LogP contribution is 2.31.